The topological polar surface area (TPSA) is 108 Å². The van der Waals surface area contributed by atoms with Crippen molar-refractivity contribution in [3.8, 4) is 0 Å². The monoisotopic (exact) mass is 480 g/mol. The molecular formula is C24H32N8OS. The van der Waals surface area contributed by atoms with Crippen molar-refractivity contribution < 1.29 is 4.79 Å². The molecule has 3 N–H and O–H groups in total. The van der Waals surface area contributed by atoms with Crippen molar-refractivity contribution in [2.75, 3.05) is 30.3 Å². The number of aryl methyl sites for hydroxylation is 1. The van der Waals surface area contributed by atoms with E-state index in [4.69, 9.17) is 15.8 Å². The summed E-state index contributed by atoms with van der Waals surface area (Å²) in [6.07, 6.45) is 8.38. The maximum absolute atomic E-state index is 13.5. The third kappa shape index (κ3) is 3.96. The number of carbonyl (C=O) groups excluding carboxylic acids is 1. The van der Waals surface area contributed by atoms with Crippen LogP contribution in [0.15, 0.2) is 18.3 Å². The van der Waals surface area contributed by atoms with Gasteiger partial charge in [-0.1, -0.05) is 0 Å². The maximum atomic E-state index is 13.5. The van der Waals surface area contributed by atoms with E-state index in [1.807, 2.05) is 39.5 Å². The van der Waals surface area contributed by atoms with Gasteiger partial charge in [0.2, 0.25) is 0 Å². The Morgan fingerprint density at radius 2 is 2.09 bits per heavy atom. The highest BCUT2D eigenvalue weighted by Gasteiger charge is 2.33. The Hall–Kier alpha value is -2.59. The van der Waals surface area contributed by atoms with Crippen molar-refractivity contribution in [3.05, 3.63) is 41.0 Å². The number of piperidine rings is 1. The molecule has 3 aliphatic heterocycles. The van der Waals surface area contributed by atoms with Gasteiger partial charge in [0.1, 0.15) is 11.5 Å². The molecule has 180 valence electrons. The average Bonchev–Trinajstić information content (AvgIpc) is 3.64. The van der Waals surface area contributed by atoms with Crippen molar-refractivity contribution in [3.63, 3.8) is 0 Å². The second-order valence-corrected chi connectivity index (χ2v) is 11.1. The Balaban J connectivity index is 1.27. The predicted molar refractivity (Wildman–Crippen MR) is 133 cm³/mol. The molecule has 0 saturated carbocycles. The summed E-state index contributed by atoms with van der Waals surface area (Å²) in [6, 6.07) is 4.14. The van der Waals surface area contributed by atoms with Gasteiger partial charge in [0.15, 0.2) is 5.65 Å². The van der Waals surface area contributed by atoms with E-state index < -0.39 is 0 Å². The summed E-state index contributed by atoms with van der Waals surface area (Å²) in [5.74, 6) is 2.15. The minimum absolute atomic E-state index is 0.0110. The number of nitrogens with zero attached hydrogens (tertiary/aromatic N) is 6. The fourth-order valence-electron chi connectivity index (χ4n) is 5.55. The van der Waals surface area contributed by atoms with E-state index in [-0.39, 0.29) is 18.0 Å². The SMILES string of the molecule is Cc1cn2nc(C3CCCCN3C(=O)c3cc(C4CCCS4)[nH]n3)cc2nc1N1CCC(N)C1. The van der Waals surface area contributed by atoms with Crippen LogP contribution in [0.5, 0.6) is 0 Å². The number of nitrogens with two attached hydrogens (primary N) is 1. The Morgan fingerprint density at radius 1 is 1.18 bits per heavy atom. The molecule has 3 aromatic heterocycles. The summed E-state index contributed by atoms with van der Waals surface area (Å²) in [5, 5.41) is 12.8. The Labute approximate surface area is 203 Å². The van der Waals surface area contributed by atoms with E-state index in [0.717, 1.165) is 80.2 Å². The minimum Gasteiger partial charge on any atom is -0.355 e. The molecule has 1 amide bonds. The number of nitrogens with one attached hydrogen (secondary N) is 1. The van der Waals surface area contributed by atoms with Crippen LogP contribution >= 0.6 is 11.8 Å². The molecule has 3 aromatic rings. The van der Waals surface area contributed by atoms with Crippen molar-refractivity contribution in [1.29, 1.82) is 0 Å². The first-order valence-electron chi connectivity index (χ1n) is 12.4. The van der Waals surface area contributed by atoms with Gasteiger partial charge >= 0.3 is 0 Å². The molecule has 3 aliphatic rings. The lowest BCUT2D eigenvalue weighted by Gasteiger charge is -2.34. The zero-order valence-corrected chi connectivity index (χ0v) is 20.4. The summed E-state index contributed by atoms with van der Waals surface area (Å²) in [4.78, 5) is 22.7. The lowest BCUT2D eigenvalue weighted by atomic mass is 9.99. The first-order valence-corrected chi connectivity index (χ1v) is 13.5. The number of carbonyl (C=O) groups is 1. The summed E-state index contributed by atoms with van der Waals surface area (Å²) < 4.78 is 1.85. The van der Waals surface area contributed by atoms with Gasteiger partial charge in [-0.2, -0.15) is 22.0 Å². The van der Waals surface area contributed by atoms with Crippen LogP contribution in [0.4, 0.5) is 5.82 Å². The predicted octanol–water partition coefficient (Wildman–Crippen LogP) is 3.23. The molecule has 6 rings (SSSR count). The molecule has 3 fully saturated rings. The largest absolute Gasteiger partial charge is 0.355 e. The normalized spacial score (nSPS) is 25.5. The number of hydrogen-bond acceptors (Lipinski definition) is 7. The summed E-state index contributed by atoms with van der Waals surface area (Å²) in [5.41, 5.74) is 10.5. The number of aromatic nitrogens is 5. The quantitative estimate of drug-likeness (QED) is 0.590. The van der Waals surface area contributed by atoms with Gasteiger partial charge in [-0.25, -0.2) is 9.50 Å². The van der Waals surface area contributed by atoms with E-state index in [9.17, 15) is 4.79 Å². The molecule has 0 aliphatic carbocycles. The standard InChI is InChI=1S/C24H32N8OS/c1-15-13-32-22(26-23(15)30-9-7-16(25)14-30)12-17(29-32)20-5-2-3-8-31(20)24(33)19-11-18(27-28-19)21-6-4-10-34-21/h11-13,16,20-21H,2-10,14,25H2,1H3,(H,27,28). The first-order chi connectivity index (χ1) is 16.6. The van der Waals surface area contributed by atoms with Crippen LogP contribution in [0.1, 0.15) is 77.3 Å². The van der Waals surface area contributed by atoms with E-state index in [1.165, 1.54) is 12.2 Å². The van der Waals surface area contributed by atoms with E-state index in [2.05, 4.69) is 22.0 Å². The van der Waals surface area contributed by atoms with Gasteiger partial charge < -0.3 is 15.5 Å². The van der Waals surface area contributed by atoms with E-state index in [1.54, 1.807) is 0 Å². The molecule has 0 aromatic carbocycles. The number of thioether (sulfide) groups is 1. The molecule has 10 heteroatoms. The van der Waals surface area contributed by atoms with Gasteiger partial charge in [-0.15, -0.1) is 0 Å². The summed E-state index contributed by atoms with van der Waals surface area (Å²) in [6.45, 7) is 4.56. The van der Waals surface area contributed by atoms with Crippen molar-refractivity contribution in [2.45, 2.75) is 62.8 Å². The van der Waals surface area contributed by atoms with Gasteiger partial charge in [0, 0.05) is 54.4 Å². The second-order valence-electron chi connectivity index (χ2n) is 9.83. The van der Waals surface area contributed by atoms with Crippen molar-refractivity contribution >= 4 is 29.1 Å². The lowest BCUT2D eigenvalue weighted by Crippen LogP contribution is -2.38. The highest BCUT2D eigenvalue weighted by atomic mass is 32.2. The molecule has 9 nitrogen and oxygen atoms in total. The van der Waals surface area contributed by atoms with Crippen LogP contribution in [-0.2, 0) is 0 Å². The molecule has 3 saturated heterocycles. The van der Waals surface area contributed by atoms with E-state index in [0.29, 0.717) is 10.9 Å². The Morgan fingerprint density at radius 3 is 2.88 bits per heavy atom. The number of amides is 1. The fraction of sp³-hybridized carbons (Fsp3) is 0.583. The van der Waals surface area contributed by atoms with Gasteiger partial charge in [0.25, 0.3) is 5.91 Å². The number of aromatic amines is 1. The molecule has 3 atom stereocenters. The van der Waals surface area contributed by atoms with Crippen molar-refractivity contribution in [1.82, 2.24) is 29.7 Å². The molecular weight excluding hydrogens is 448 g/mol. The van der Waals surface area contributed by atoms with E-state index >= 15 is 0 Å². The summed E-state index contributed by atoms with van der Waals surface area (Å²) >= 11 is 1.94. The van der Waals surface area contributed by atoms with Gasteiger partial charge in [0.05, 0.1) is 11.7 Å². The zero-order valence-electron chi connectivity index (χ0n) is 19.6. The molecule has 34 heavy (non-hydrogen) atoms. The van der Waals surface area contributed by atoms with Crippen LogP contribution in [0.3, 0.4) is 0 Å². The van der Waals surface area contributed by atoms with Gasteiger partial charge in [-0.3, -0.25) is 9.89 Å². The molecule has 3 unspecified atom stereocenters. The second kappa shape index (κ2) is 8.88. The highest BCUT2D eigenvalue weighted by molar-refractivity contribution is 7.99. The lowest BCUT2D eigenvalue weighted by molar-refractivity contribution is 0.0599. The fourth-order valence-corrected chi connectivity index (χ4v) is 6.80. The molecule has 0 spiro atoms. The van der Waals surface area contributed by atoms with Crippen LogP contribution in [0, 0.1) is 6.92 Å². The number of fused-ring (bicyclic) bond motifs is 1. The molecule has 0 bridgehead atoms. The number of likely N-dealkylation sites (tertiary alicyclic amines) is 1. The highest BCUT2D eigenvalue weighted by Crippen LogP contribution is 2.39. The number of hydrogen-bond donors (Lipinski definition) is 2. The Bertz CT molecular complexity index is 1200. The van der Waals surface area contributed by atoms with Crippen LogP contribution in [0.25, 0.3) is 5.65 Å². The maximum Gasteiger partial charge on any atom is 0.274 e. The third-order valence-electron chi connectivity index (χ3n) is 7.35. The van der Waals surface area contributed by atoms with Gasteiger partial charge in [-0.05, 0) is 57.3 Å². The molecule has 0 radical (unpaired) electrons. The number of rotatable bonds is 4. The Kier molecular flexibility index (Phi) is 5.73. The number of H-pyrrole nitrogens is 1. The third-order valence-corrected chi connectivity index (χ3v) is 8.76. The number of anilines is 1. The van der Waals surface area contributed by atoms with Crippen LogP contribution in [0.2, 0.25) is 0 Å². The molecule has 6 heterocycles. The average molecular weight is 481 g/mol. The van der Waals surface area contributed by atoms with Crippen LogP contribution < -0.4 is 10.6 Å². The summed E-state index contributed by atoms with van der Waals surface area (Å²) in [7, 11) is 0. The smallest absolute Gasteiger partial charge is 0.274 e. The minimum atomic E-state index is -0.0621. The zero-order chi connectivity index (χ0) is 23.2. The first kappa shape index (κ1) is 21.9. The van der Waals surface area contributed by atoms with Crippen molar-refractivity contribution in [2.24, 2.45) is 5.73 Å². The van der Waals surface area contributed by atoms with Crippen LogP contribution in [-0.4, -0.2) is 67.0 Å².